The predicted octanol–water partition coefficient (Wildman–Crippen LogP) is 2.37. The summed E-state index contributed by atoms with van der Waals surface area (Å²) >= 11 is 0. The normalized spacial score (nSPS) is 11.6. The van der Waals surface area contributed by atoms with Gasteiger partial charge in [0.15, 0.2) is 0 Å². The second-order valence-electron chi connectivity index (χ2n) is 2.40. The Hall–Kier alpha value is -0.925. The van der Waals surface area contributed by atoms with E-state index in [1.807, 2.05) is 0 Å². The predicted molar refractivity (Wildman–Crippen MR) is 40.9 cm³/mol. The second kappa shape index (κ2) is 3.21. The van der Waals surface area contributed by atoms with E-state index in [0.717, 1.165) is 12.1 Å². The van der Waals surface area contributed by atoms with Crippen LogP contribution < -0.4 is 0 Å². The van der Waals surface area contributed by atoms with Crippen LogP contribution in [-0.2, 0) is 12.5 Å². The third-order valence-electron chi connectivity index (χ3n) is 1.52. The van der Waals surface area contributed by atoms with Crippen molar-refractivity contribution in [2.75, 3.05) is 0 Å². The smallest absolute Gasteiger partial charge is 0.166 e. The van der Waals surface area contributed by atoms with Gasteiger partial charge in [-0.1, -0.05) is 24.0 Å². The molecule has 0 N–H and O–H groups in total. The topological polar surface area (TPSA) is 0 Å². The summed E-state index contributed by atoms with van der Waals surface area (Å²) in [5, 5.41) is 0. The van der Waals surface area contributed by atoms with Crippen molar-refractivity contribution in [1.82, 2.24) is 0 Å². The van der Waals surface area contributed by atoms with Crippen LogP contribution in [0.25, 0.3) is 0 Å². The van der Waals surface area contributed by atoms with E-state index in [2.05, 4.69) is 0 Å². The molecule has 62 valence electrons. The van der Waals surface area contributed by atoms with Crippen LogP contribution in [0.15, 0.2) is 24.3 Å². The van der Waals surface area contributed by atoms with Crippen molar-refractivity contribution in [2.24, 2.45) is 0 Å². The first kappa shape index (κ1) is 9.17. The quantitative estimate of drug-likeness (QED) is 0.567. The first-order valence-corrected chi connectivity index (χ1v) is 3.40. The zero-order valence-corrected chi connectivity index (χ0v) is 6.23. The highest BCUT2D eigenvalue weighted by atomic mass is 19.4. The van der Waals surface area contributed by atoms with E-state index in [-0.39, 0.29) is 6.32 Å². The Morgan fingerprint density at radius 3 is 1.92 bits per heavy atom. The lowest BCUT2D eigenvalue weighted by Gasteiger charge is -2.06. The lowest BCUT2D eigenvalue weighted by molar-refractivity contribution is -0.137. The molecule has 0 amide bonds. The highest BCUT2D eigenvalue weighted by molar-refractivity contribution is 6.08. The first-order chi connectivity index (χ1) is 5.54. The molecule has 12 heavy (non-hydrogen) atoms. The number of alkyl halides is 3. The molecule has 0 aliphatic rings. The Morgan fingerprint density at radius 1 is 1.08 bits per heavy atom. The highest BCUT2D eigenvalue weighted by Crippen LogP contribution is 2.28. The molecule has 2 radical (unpaired) electrons. The van der Waals surface area contributed by atoms with E-state index >= 15 is 0 Å². The third-order valence-corrected chi connectivity index (χ3v) is 1.52. The van der Waals surface area contributed by atoms with Crippen molar-refractivity contribution >= 4 is 7.85 Å². The van der Waals surface area contributed by atoms with E-state index in [4.69, 9.17) is 7.85 Å². The Morgan fingerprint density at radius 2 is 1.58 bits per heavy atom. The van der Waals surface area contributed by atoms with Crippen LogP contribution in [0.5, 0.6) is 0 Å². The molecule has 0 heterocycles. The molecule has 0 aromatic heterocycles. The molecule has 0 fully saturated rings. The van der Waals surface area contributed by atoms with Gasteiger partial charge in [0.2, 0.25) is 0 Å². The summed E-state index contributed by atoms with van der Waals surface area (Å²) in [7, 11) is 5.23. The summed E-state index contributed by atoms with van der Waals surface area (Å²) in [6.45, 7) is 0. The average Bonchev–Trinajstić information content (AvgIpc) is 2.03. The standard InChI is InChI=1S/C8H6BF3/c9-5-6-1-3-7(4-2-6)8(10,11)12/h1-4H,5H2. The lowest BCUT2D eigenvalue weighted by Crippen LogP contribution is -2.04. The number of halogens is 3. The minimum atomic E-state index is -4.26. The SMILES string of the molecule is [B]Cc1ccc(C(F)(F)F)cc1. The molecule has 0 atom stereocenters. The van der Waals surface area contributed by atoms with Gasteiger partial charge in [-0.2, -0.15) is 13.2 Å². The Bertz CT molecular complexity index is 250. The van der Waals surface area contributed by atoms with Crippen LogP contribution in [0.3, 0.4) is 0 Å². The summed E-state index contributed by atoms with van der Waals surface area (Å²) in [5.41, 5.74) is 0.0581. The van der Waals surface area contributed by atoms with Gasteiger partial charge in [-0.3, -0.25) is 0 Å². The summed E-state index contributed by atoms with van der Waals surface area (Å²) < 4.78 is 36.0. The average molecular weight is 170 g/mol. The van der Waals surface area contributed by atoms with Crippen LogP contribution in [0.4, 0.5) is 13.2 Å². The zero-order valence-electron chi connectivity index (χ0n) is 6.23. The van der Waals surface area contributed by atoms with Crippen molar-refractivity contribution < 1.29 is 13.2 Å². The molecule has 0 saturated carbocycles. The Kier molecular flexibility index (Phi) is 2.45. The van der Waals surface area contributed by atoms with Gasteiger partial charge in [0, 0.05) is 0 Å². The van der Waals surface area contributed by atoms with Crippen LogP contribution in [0, 0.1) is 0 Å². The van der Waals surface area contributed by atoms with E-state index < -0.39 is 11.7 Å². The monoisotopic (exact) mass is 170 g/mol. The molecule has 1 aromatic carbocycles. The summed E-state index contributed by atoms with van der Waals surface area (Å²) in [5.74, 6) is 0. The second-order valence-corrected chi connectivity index (χ2v) is 2.40. The van der Waals surface area contributed by atoms with Crippen LogP contribution in [-0.4, -0.2) is 7.85 Å². The fourth-order valence-corrected chi connectivity index (χ4v) is 0.830. The first-order valence-electron chi connectivity index (χ1n) is 3.40. The largest absolute Gasteiger partial charge is 0.416 e. The van der Waals surface area contributed by atoms with Gasteiger partial charge in [0.1, 0.15) is 0 Å². The lowest BCUT2D eigenvalue weighted by atomic mass is 9.96. The molecule has 0 spiro atoms. The number of benzene rings is 1. The summed E-state index contributed by atoms with van der Waals surface area (Å²) in [6.07, 6.45) is -3.99. The van der Waals surface area contributed by atoms with Gasteiger partial charge in [-0.25, -0.2) is 0 Å². The van der Waals surface area contributed by atoms with Crippen LogP contribution >= 0.6 is 0 Å². The fourth-order valence-electron chi connectivity index (χ4n) is 0.830. The minimum Gasteiger partial charge on any atom is -0.166 e. The van der Waals surface area contributed by atoms with Gasteiger partial charge in [-0.15, -0.1) is 0 Å². The van der Waals surface area contributed by atoms with Crippen LogP contribution in [0.2, 0.25) is 0 Å². The third kappa shape index (κ3) is 2.03. The van der Waals surface area contributed by atoms with Crippen LogP contribution in [0.1, 0.15) is 11.1 Å². The summed E-state index contributed by atoms with van der Waals surface area (Å²) in [6, 6.07) is 4.82. The van der Waals surface area contributed by atoms with Crippen molar-refractivity contribution in [2.45, 2.75) is 12.5 Å². The maximum Gasteiger partial charge on any atom is 0.416 e. The number of hydrogen-bond donors (Lipinski definition) is 0. The molecule has 0 aliphatic heterocycles. The molecule has 0 saturated heterocycles. The molecule has 1 rings (SSSR count). The van der Waals surface area contributed by atoms with Gasteiger partial charge >= 0.3 is 6.18 Å². The van der Waals surface area contributed by atoms with E-state index in [0.29, 0.717) is 5.56 Å². The molecular formula is C8H6BF3. The number of hydrogen-bond acceptors (Lipinski definition) is 0. The highest BCUT2D eigenvalue weighted by Gasteiger charge is 2.29. The maximum absolute atomic E-state index is 12.0. The van der Waals surface area contributed by atoms with E-state index in [9.17, 15) is 13.2 Å². The Balaban J connectivity index is 2.93. The van der Waals surface area contributed by atoms with Crippen molar-refractivity contribution in [3.8, 4) is 0 Å². The molecular weight excluding hydrogens is 164 g/mol. The van der Waals surface area contributed by atoms with Gasteiger partial charge < -0.3 is 0 Å². The molecule has 0 aliphatic carbocycles. The fraction of sp³-hybridized carbons (Fsp3) is 0.250. The van der Waals surface area contributed by atoms with Crippen molar-refractivity contribution in [3.63, 3.8) is 0 Å². The van der Waals surface area contributed by atoms with E-state index in [1.165, 1.54) is 12.1 Å². The van der Waals surface area contributed by atoms with E-state index in [1.54, 1.807) is 0 Å². The summed E-state index contributed by atoms with van der Waals surface area (Å²) in [4.78, 5) is 0. The maximum atomic E-state index is 12.0. The van der Waals surface area contributed by atoms with Gasteiger partial charge in [0.25, 0.3) is 0 Å². The van der Waals surface area contributed by atoms with Crippen molar-refractivity contribution in [3.05, 3.63) is 35.4 Å². The van der Waals surface area contributed by atoms with Gasteiger partial charge in [-0.05, 0) is 12.1 Å². The zero-order chi connectivity index (χ0) is 9.19. The number of rotatable bonds is 1. The molecule has 4 heteroatoms. The van der Waals surface area contributed by atoms with Crippen molar-refractivity contribution in [1.29, 1.82) is 0 Å². The molecule has 1 aromatic rings. The molecule has 0 unspecified atom stereocenters. The Labute approximate surface area is 69.8 Å². The minimum absolute atomic E-state index is 0.262. The van der Waals surface area contributed by atoms with Gasteiger partial charge in [0.05, 0.1) is 13.4 Å². The molecule has 0 bridgehead atoms. The molecule has 0 nitrogen and oxygen atoms in total.